The molecule has 0 saturated carbocycles. The first-order valence-electron chi connectivity index (χ1n) is 4.90. The van der Waals surface area contributed by atoms with Crippen molar-refractivity contribution in [3.63, 3.8) is 0 Å². The number of aliphatic carboxylic acids is 2. The maximum Gasteiger partial charge on any atom is 0.328 e. The number of hydrogen-bond donors (Lipinski definition) is 3. The average Bonchev–Trinajstić information content (AvgIpc) is 2.73. The van der Waals surface area contributed by atoms with Crippen LogP contribution in [0.3, 0.4) is 0 Å². The summed E-state index contributed by atoms with van der Waals surface area (Å²) >= 11 is 0. The van der Waals surface area contributed by atoms with E-state index >= 15 is 0 Å². The van der Waals surface area contributed by atoms with Gasteiger partial charge in [0.25, 0.3) is 0 Å². The molecule has 0 aliphatic heterocycles. The fraction of sp³-hybridized carbons (Fsp3) is 0.500. The normalized spacial score (nSPS) is 11.8. The van der Waals surface area contributed by atoms with Gasteiger partial charge in [0.2, 0.25) is 5.91 Å². The van der Waals surface area contributed by atoms with Crippen molar-refractivity contribution in [1.29, 1.82) is 0 Å². The van der Waals surface area contributed by atoms with Crippen molar-refractivity contribution in [3.05, 3.63) is 5.82 Å². The maximum absolute atomic E-state index is 11.3. The van der Waals surface area contributed by atoms with Crippen LogP contribution in [0.1, 0.15) is 18.8 Å². The first-order valence-corrected chi connectivity index (χ1v) is 4.90. The number of rotatable bonds is 6. The third kappa shape index (κ3) is 3.50. The first kappa shape index (κ1) is 13.5. The number of carboxylic acids is 2. The molecule has 1 rings (SSSR count). The van der Waals surface area contributed by atoms with E-state index in [9.17, 15) is 14.4 Å². The minimum absolute atomic E-state index is 0.0489. The van der Waals surface area contributed by atoms with Crippen molar-refractivity contribution in [1.82, 2.24) is 25.5 Å². The summed E-state index contributed by atoms with van der Waals surface area (Å²) in [6.45, 7) is 0.840. The lowest BCUT2D eigenvalue weighted by Crippen LogP contribution is -2.32. The van der Waals surface area contributed by atoms with Crippen molar-refractivity contribution in [2.24, 2.45) is 0 Å². The Hall–Kier alpha value is -2.52. The number of tetrazole rings is 1. The first-order chi connectivity index (χ1) is 8.41. The van der Waals surface area contributed by atoms with Gasteiger partial charge in [0.15, 0.2) is 5.82 Å². The van der Waals surface area contributed by atoms with Gasteiger partial charge < -0.3 is 15.5 Å². The fourth-order valence-electron chi connectivity index (χ4n) is 1.11. The number of nitrogens with one attached hydrogen (secondary N) is 1. The summed E-state index contributed by atoms with van der Waals surface area (Å²) in [5, 5.41) is 29.5. The second kappa shape index (κ2) is 5.70. The molecule has 3 N–H and O–H groups in total. The van der Waals surface area contributed by atoms with Crippen LogP contribution in [0.15, 0.2) is 0 Å². The summed E-state index contributed by atoms with van der Waals surface area (Å²) in [6, 6.07) is -1.01. The molecule has 1 unspecified atom stereocenters. The highest BCUT2D eigenvalue weighted by Gasteiger charge is 2.20. The number of nitrogens with zero attached hydrogens (tertiary/aromatic N) is 4. The standard InChI is InChI=1S/C8H11N5O5/c1-4(8(17)18)13-5(10-11-12-13)2-6(14)9-3-7(15)16/h4H,2-3H2,1H3,(H,9,14)(H,15,16)(H,17,18). The van der Waals surface area contributed by atoms with Gasteiger partial charge in [-0.15, -0.1) is 5.10 Å². The van der Waals surface area contributed by atoms with Crippen molar-refractivity contribution in [2.75, 3.05) is 6.54 Å². The van der Waals surface area contributed by atoms with E-state index in [0.717, 1.165) is 4.68 Å². The van der Waals surface area contributed by atoms with Gasteiger partial charge in [-0.1, -0.05) is 0 Å². The lowest BCUT2D eigenvalue weighted by Gasteiger charge is -2.08. The zero-order chi connectivity index (χ0) is 13.7. The Kier molecular flexibility index (Phi) is 4.29. The molecule has 18 heavy (non-hydrogen) atoms. The zero-order valence-corrected chi connectivity index (χ0v) is 9.40. The summed E-state index contributed by atoms with van der Waals surface area (Å²) in [5.74, 6) is -2.88. The van der Waals surface area contributed by atoms with Crippen molar-refractivity contribution in [3.8, 4) is 0 Å². The monoisotopic (exact) mass is 257 g/mol. The summed E-state index contributed by atoms with van der Waals surface area (Å²) in [7, 11) is 0. The topological polar surface area (TPSA) is 147 Å². The Labute approximate surface area is 101 Å². The quantitative estimate of drug-likeness (QED) is 0.533. The molecule has 1 atom stereocenters. The average molecular weight is 257 g/mol. The molecule has 1 aromatic rings. The molecule has 0 fully saturated rings. The molecule has 1 amide bonds. The maximum atomic E-state index is 11.3. The second-order valence-corrected chi connectivity index (χ2v) is 3.40. The highest BCUT2D eigenvalue weighted by Crippen LogP contribution is 2.06. The Balaban J connectivity index is 2.68. The third-order valence-corrected chi connectivity index (χ3v) is 2.04. The van der Waals surface area contributed by atoms with Gasteiger partial charge in [0, 0.05) is 0 Å². The van der Waals surface area contributed by atoms with Crippen LogP contribution >= 0.6 is 0 Å². The molecule has 0 spiro atoms. The summed E-state index contributed by atoms with van der Waals surface area (Å²) in [4.78, 5) is 32.3. The summed E-state index contributed by atoms with van der Waals surface area (Å²) in [6.07, 6.45) is -0.294. The number of carboxylic acid groups (broad SMARTS) is 2. The van der Waals surface area contributed by atoms with Crippen molar-refractivity contribution >= 4 is 17.8 Å². The van der Waals surface area contributed by atoms with E-state index in [-0.39, 0.29) is 12.2 Å². The summed E-state index contributed by atoms with van der Waals surface area (Å²) < 4.78 is 0.989. The molecule has 10 heteroatoms. The predicted octanol–water partition coefficient (Wildman–Crippen LogP) is -1.94. The number of carbonyl (C=O) groups excluding carboxylic acids is 1. The smallest absolute Gasteiger partial charge is 0.328 e. The molecule has 1 aromatic heterocycles. The minimum atomic E-state index is -1.18. The lowest BCUT2D eigenvalue weighted by atomic mass is 10.3. The molecular weight excluding hydrogens is 246 g/mol. The van der Waals surface area contributed by atoms with E-state index in [2.05, 4.69) is 20.8 Å². The molecule has 0 saturated heterocycles. The van der Waals surface area contributed by atoms with Crippen LogP contribution in [0.25, 0.3) is 0 Å². The predicted molar refractivity (Wildman–Crippen MR) is 54.5 cm³/mol. The molecule has 0 aliphatic carbocycles. The molecule has 0 aromatic carbocycles. The van der Waals surface area contributed by atoms with Crippen molar-refractivity contribution in [2.45, 2.75) is 19.4 Å². The van der Waals surface area contributed by atoms with Crippen LogP contribution in [0.2, 0.25) is 0 Å². The third-order valence-electron chi connectivity index (χ3n) is 2.04. The Morgan fingerprint density at radius 3 is 2.61 bits per heavy atom. The van der Waals surface area contributed by atoms with E-state index in [1.807, 2.05) is 0 Å². The fourth-order valence-corrected chi connectivity index (χ4v) is 1.11. The zero-order valence-electron chi connectivity index (χ0n) is 9.40. The van der Waals surface area contributed by atoms with Gasteiger partial charge in [-0.05, 0) is 17.4 Å². The Morgan fingerprint density at radius 1 is 1.39 bits per heavy atom. The van der Waals surface area contributed by atoms with E-state index in [1.165, 1.54) is 6.92 Å². The van der Waals surface area contributed by atoms with Gasteiger partial charge in [0.05, 0.1) is 6.42 Å². The largest absolute Gasteiger partial charge is 0.480 e. The molecule has 10 nitrogen and oxygen atoms in total. The van der Waals surface area contributed by atoms with Gasteiger partial charge >= 0.3 is 11.9 Å². The second-order valence-electron chi connectivity index (χ2n) is 3.40. The van der Waals surface area contributed by atoms with Crippen LogP contribution in [-0.2, 0) is 20.8 Å². The number of aromatic nitrogens is 4. The summed E-state index contributed by atoms with van der Waals surface area (Å²) in [5.41, 5.74) is 0. The van der Waals surface area contributed by atoms with Gasteiger partial charge in [-0.25, -0.2) is 9.48 Å². The van der Waals surface area contributed by atoms with Crippen LogP contribution in [-0.4, -0.2) is 54.8 Å². The van der Waals surface area contributed by atoms with Gasteiger partial charge in [0.1, 0.15) is 12.6 Å². The highest BCUT2D eigenvalue weighted by molar-refractivity contribution is 5.82. The molecule has 0 aliphatic rings. The van der Waals surface area contributed by atoms with Gasteiger partial charge in [-0.2, -0.15) is 0 Å². The Morgan fingerprint density at radius 2 is 2.06 bits per heavy atom. The van der Waals surface area contributed by atoms with Crippen LogP contribution in [0.5, 0.6) is 0 Å². The minimum Gasteiger partial charge on any atom is -0.480 e. The highest BCUT2D eigenvalue weighted by atomic mass is 16.4. The van der Waals surface area contributed by atoms with E-state index < -0.39 is 30.4 Å². The van der Waals surface area contributed by atoms with Crippen LogP contribution in [0.4, 0.5) is 0 Å². The molecule has 98 valence electrons. The van der Waals surface area contributed by atoms with Crippen LogP contribution < -0.4 is 5.32 Å². The SMILES string of the molecule is CC(C(=O)O)n1nnnc1CC(=O)NCC(=O)O. The van der Waals surface area contributed by atoms with E-state index in [1.54, 1.807) is 0 Å². The number of amides is 1. The molecule has 1 heterocycles. The van der Waals surface area contributed by atoms with Crippen LogP contribution in [0, 0.1) is 0 Å². The Bertz CT molecular complexity index is 470. The van der Waals surface area contributed by atoms with E-state index in [0.29, 0.717) is 0 Å². The molecule has 0 bridgehead atoms. The van der Waals surface area contributed by atoms with Crippen molar-refractivity contribution < 1.29 is 24.6 Å². The lowest BCUT2D eigenvalue weighted by molar-refractivity contribution is -0.140. The molecule has 0 radical (unpaired) electrons. The molecular formula is C8H11N5O5. The number of carbonyl (C=O) groups is 3. The van der Waals surface area contributed by atoms with Gasteiger partial charge in [-0.3, -0.25) is 9.59 Å². The number of hydrogen-bond acceptors (Lipinski definition) is 6. The van der Waals surface area contributed by atoms with E-state index in [4.69, 9.17) is 10.2 Å².